The molecule has 1 aromatic carbocycles. The van der Waals surface area contributed by atoms with Crippen molar-refractivity contribution in [3.8, 4) is 5.75 Å². The van der Waals surface area contributed by atoms with E-state index in [0.29, 0.717) is 0 Å². The minimum atomic E-state index is -2.10. The standard InChI is InChI=1S/C10H11O4PS.C3H8/c1-7(2)13-10(11)8-5-3-4-6-9(8)14-15(12)16;1-3-2/h3-7H,1-2H3;3H2,1-2H3/p+1. The van der Waals surface area contributed by atoms with E-state index in [4.69, 9.17) is 9.26 Å². The first-order valence-corrected chi connectivity index (χ1v) is 8.39. The summed E-state index contributed by atoms with van der Waals surface area (Å²) < 4.78 is 20.8. The summed E-state index contributed by atoms with van der Waals surface area (Å²) in [6, 6.07) is 6.44. The summed E-state index contributed by atoms with van der Waals surface area (Å²) in [5.41, 5.74) is 0.244. The first-order chi connectivity index (χ1) is 8.92. The Labute approximate surface area is 120 Å². The second kappa shape index (κ2) is 9.82. The van der Waals surface area contributed by atoms with Crippen LogP contribution in [0.1, 0.15) is 44.5 Å². The van der Waals surface area contributed by atoms with Gasteiger partial charge in [-0.2, -0.15) is 0 Å². The van der Waals surface area contributed by atoms with Crippen molar-refractivity contribution < 1.29 is 18.6 Å². The SMILES string of the molecule is CC(C)OC(=O)c1ccccc1O[P+](=O)S.CCC. The van der Waals surface area contributed by atoms with Crippen LogP contribution in [-0.2, 0) is 9.30 Å². The number of hydrogen-bond acceptors (Lipinski definition) is 4. The fourth-order valence-corrected chi connectivity index (χ4v) is 1.67. The third-order valence-corrected chi connectivity index (χ3v) is 2.22. The van der Waals surface area contributed by atoms with Gasteiger partial charge in [-0.3, -0.25) is 0 Å². The van der Waals surface area contributed by atoms with Crippen LogP contribution in [-0.4, -0.2) is 12.1 Å². The maximum absolute atomic E-state index is 11.6. The Morgan fingerprint density at radius 2 is 1.84 bits per heavy atom. The van der Waals surface area contributed by atoms with E-state index in [-0.39, 0.29) is 17.4 Å². The Kier molecular flexibility index (Phi) is 9.27. The minimum absolute atomic E-state index is 0.212. The average Bonchev–Trinajstić information content (AvgIpc) is 2.28. The Morgan fingerprint density at radius 3 is 2.32 bits per heavy atom. The molecular weight excluding hydrogens is 283 g/mol. The average molecular weight is 303 g/mol. The van der Waals surface area contributed by atoms with E-state index in [0.717, 1.165) is 0 Å². The molecule has 0 aromatic heterocycles. The zero-order valence-electron chi connectivity index (χ0n) is 11.6. The molecule has 1 aromatic rings. The van der Waals surface area contributed by atoms with Crippen LogP contribution >= 0.6 is 19.5 Å². The van der Waals surface area contributed by atoms with Crippen LogP contribution in [0.2, 0.25) is 0 Å². The van der Waals surface area contributed by atoms with Crippen LogP contribution in [0.4, 0.5) is 0 Å². The smallest absolute Gasteiger partial charge is 0.459 e. The molecule has 4 nitrogen and oxygen atoms in total. The van der Waals surface area contributed by atoms with Gasteiger partial charge in [-0.15, -0.1) is 0 Å². The Balaban J connectivity index is 0.000000982. The predicted molar refractivity (Wildman–Crippen MR) is 80.2 cm³/mol. The number of benzene rings is 1. The van der Waals surface area contributed by atoms with Gasteiger partial charge in [-0.05, 0) is 30.5 Å². The van der Waals surface area contributed by atoms with E-state index >= 15 is 0 Å². The number of carbonyl (C=O) groups excluding carboxylic acids is 1. The van der Waals surface area contributed by atoms with Crippen LogP contribution in [0.25, 0.3) is 0 Å². The van der Waals surface area contributed by atoms with Gasteiger partial charge in [0.05, 0.1) is 6.10 Å². The second-order valence-corrected chi connectivity index (χ2v) is 5.62. The molecule has 0 N–H and O–H groups in total. The molecule has 1 atom stereocenters. The van der Waals surface area contributed by atoms with Gasteiger partial charge in [-0.25, -0.2) is 9.32 Å². The quantitative estimate of drug-likeness (QED) is 0.500. The van der Waals surface area contributed by atoms with Crippen LogP contribution in [0, 0.1) is 0 Å². The lowest BCUT2D eigenvalue weighted by molar-refractivity contribution is 0.0376. The van der Waals surface area contributed by atoms with Crippen molar-refractivity contribution in [3.63, 3.8) is 0 Å². The van der Waals surface area contributed by atoms with Gasteiger partial charge in [0.1, 0.15) is 5.56 Å². The maximum atomic E-state index is 11.6. The molecule has 0 bridgehead atoms. The highest BCUT2D eigenvalue weighted by atomic mass is 32.7. The van der Waals surface area contributed by atoms with E-state index < -0.39 is 13.2 Å². The molecule has 1 unspecified atom stereocenters. The van der Waals surface area contributed by atoms with Crippen LogP contribution in [0.5, 0.6) is 5.75 Å². The second-order valence-electron chi connectivity index (χ2n) is 3.99. The van der Waals surface area contributed by atoms with Crippen molar-refractivity contribution >= 4 is 25.4 Å². The highest BCUT2D eigenvalue weighted by Crippen LogP contribution is 2.32. The van der Waals surface area contributed by atoms with Crippen molar-refractivity contribution in [2.75, 3.05) is 0 Å². The van der Waals surface area contributed by atoms with Crippen molar-refractivity contribution in [1.82, 2.24) is 0 Å². The van der Waals surface area contributed by atoms with Crippen molar-refractivity contribution in [2.24, 2.45) is 0 Å². The summed E-state index contributed by atoms with van der Waals surface area (Å²) in [4.78, 5) is 11.6. The van der Waals surface area contributed by atoms with Gasteiger partial charge in [0, 0.05) is 0 Å². The molecule has 0 spiro atoms. The fraction of sp³-hybridized carbons (Fsp3) is 0.462. The van der Waals surface area contributed by atoms with E-state index in [1.54, 1.807) is 38.1 Å². The van der Waals surface area contributed by atoms with Crippen LogP contribution in [0.3, 0.4) is 0 Å². The summed E-state index contributed by atoms with van der Waals surface area (Å²) >= 11 is 3.63. The number of thiol groups is 1. The van der Waals surface area contributed by atoms with Gasteiger partial charge in [0.2, 0.25) is 5.75 Å². The molecule has 106 valence electrons. The first kappa shape index (κ1) is 17.9. The summed E-state index contributed by atoms with van der Waals surface area (Å²) in [7, 11) is -2.10. The lowest BCUT2D eigenvalue weighted by atomic mass is 10.2. The number of esters is 1. The van der Waals surface area contributed by atoms with Crippen LogP contribution in [0.15, 0.2) is 24.3 Å². The van der Waals surface area contributed by atoms with E-state index in [9.17, 15) is 9.36 Å². The molecule has 6 heteroatoms. The molecule has 1 rings (SSSR count). The molecular formula is C13H20O4PS+. The zero-order valence-corrected chi connectivity index (χ0v) is 13.4. The number of carbonyl (C=O) groups is 1. The largest absolute Gasteiger partial charge is 0.631 e. The summed E-state index contributed by atoms with van der Waals surface area (Å²) in [5.74, 6) is -0.292. The summed E-state index contributed by atoms with van der Waals surface area (Å²) in [6.45, 7) is 7.75. The molecule has 19 heavy (non-hydrogen) atoms. The normalized spacial score (nSPS) is 10.3. The number of hydrogen-bond donors (Lipinski definition) is 1. The predicted octanol–water partition coefficient (Wildman–Crippen LogP) is 4.63. The third-order valence-electron chi connectivity index (χ3n) is 1.63. The van der Waals surface area contributed by atoms with E-state index in [1.807, 2.05) is 0 Å². The number of ether oxygens (including phenoxy) is 1. The monoisotopic (exact) mass is 303 g/mol. The lowest BCUT2D eigenvalue weighted by Crippen LogP contribution is -2.12. The first-order valence-electron chi connectivity index (χ1n) is 6.06. The molecule has 0 aliphatic carbocycles. The Morgan fingerprint density at radius 1 is 1.32 bits per heavy atom. The van der Waals surface area contributed by atoms with Gasteiger partial charge in [-0.1, -0.05) is 32.4 Å². The van der Waals surface area contributed by atoms with Crippen molar-refractivity contribution in [2.45, 2.75) is 40.2 Å². The van der Waals surface area contributed by atoms with Gasteiger partial charge >= 0.3 is 13.2 Å². The van der Waals surface area contributed by atoms with Crippen molar-refractivity contribution in [3.05, 3.63) is 29.8 Å². The summed E-state index contributed by atoms with van der Waals surface area (Å²) in [5, 5.41) is 0. The maximum Gasteiger partial charge on any atom is 0.631 e. The summed E-state index contributed by atoms with van der Waals surface area (Å²) in [6.07, 6.45) is 1.03. The Hall–Kier alpha value is -1.06. The number of para-hydroxylation sites is 1. The highest BCUT2D eigenvalue weighted by Gasteiger charge is 2.21. The van der Waals surface area contributed by atoms with Gasteiger partial charge in [0.15, 0.2) is 12.2 Å². The molecule has 0 fully saturated rings. The van der Waals surface area contributed by atoms with E-state index in [2.05, 4.69) is 26.1 Å². The topological polar surface area (TPSA) is 52.6 Å². The van der Waals surface area contributed by atoms with Crippen LogP contribution < -0.4 is 4.52 Å². The fourth-order valence-electron chi connectivity index (χ4n) is 1.08. The highest BCUT2D eigenvalue weighted by molar-refractivity contribution is 8.39. The molecule has 0 aliphatic rings. The van der Waals surface area contributed by atoms with E-state index in [1.165, 1.54) is 6.42 Å². The Bertz CT molecular complexity index is 421. The van der Waals surface area contributed by atoms with Gasteiger partial charge in [0.25, 0.3) is 0 Å². The van der Waals surface area contributed by atoms with Crippen molar-refractivity contribution in [1.29, 1.82) is 0 Å². The molecule has 0 saturated heterocycles. The third kappa shape index (κ3) is 7.85. The zero-order chi connectivity index (χ0) is 14.8. The minimum Gasteiger partial charge on any atom is -0.459 e. The van der Waals surface area contributed by atoms with Gasteiger partial charge < -0.3 is 4.74 Å². The number of rotatable bonds is 4. The molecule has 0 heterocycles. The molecule has 0 aliphatic heterocycles. The molecule has 0 saturated carbocycles. The lowest BCUT2D eigenvalue weighted by Gasteiger charge is -2.08. The molecule has 0 radical (unpaired) electrons. The molecule has 0 amide bonds.